The van der Waals surface area contributed by atoms with Crippen molar-refractivity contribution in [1.82, 2.24) is 0 Å². The second-order valence-electron chi connectivity index (χ2n) is 5.61. The van der Waals surface area contributed by atoms with Crippen LogP contribution in [0.4, 0.5) is 5.69 Å². The van der Waals surface area contributed by atoms with Gasteiger partial charge in [-0.15, -0.1) is 0 Å². The maximum absolute atomic E-state index is 11.9. The minimum Gasteiger partial charge on any atom is -0.484 e. The molecule has 0 saturated heterocycles. The molecule has 0 spiro atoms. The predicted molar refractivity (Wildman–Crippen MR) is 98.0 cm³/mol. The van der Waals surface area contributed by atoms with Crippen LogP contribution in [-0.4, -0.2) is 12.5 Å². The van der Waals surface area contributed by atoms with Gasteiger partial charge in [-0.2, -0.15) is 0 Å². The van der Waals surface area contributed by atoms with Gasteiger partial charge in [0.1, 0.15) is 5.75 Å². The smallest absolute Gasteiger partial charge is 0.262 e. The van der Waals surface area contributed by atoms with Gasteiger partial charge in [0, 0.05) is 10.2 Å². The monoisotopic (exact) mass is 375 g/mol. The molecule has 2 rings (SSSR count). The highest BCUT2D eigenvalue weighted by atomic mass is 79.9. The van der Waals surface area contributed by atoms with E-state index in [2.05, 4.69) is 47.2 Å². The zero-order valence-corrected chi connectivity index (χ0v) is 15.1. The van der Waals surface area contributed by atoms with Crippen molar-refractivity contribution < 1.29 is 9.53 Å². The molecule has 0 radical (unpaired) electrons. The lowest BCUT2D eigenvalue weighted by Gasteiger charge is -2.12. The van der Waals surface area contributed by atoms with Gasteiger partial charge < -0.3 is 10.1 Å². The summed E-state index contributed by atoms with van der Waals surface area (Å²) in [4.78, 5) is 11.9. The second-order valence-corrected chi connectivity index (χ2v) is 6.52. The molecule has 4 heteroatoms. The van der Waals surface area contributed by atoms with Gasteiger partial charge in [0.2, 0.25) is 0 Å². The van der Waals surface area contributed by atoms with E-state index in [0.29, 0.717) is 11.7 Å². The minimum atomic E-state index is -0.175. The molecule has 0 unspecified atom stereocenters. The first-order valence-corrected chi connectivity index (χ1v) is 8.66. The van der Waals surface area contributed by atoms with E-state index in [-0.39, 0.29) is 12.5 Å². The van der Waals surface area contributed by atoms with Crippen molar-refractivity contribution in [1.29, 1.82) is 0 Å². The van der Waals surface area contributed by atoms with Gasteiger partial charge in [0.25, 0.3) is 5.91 Å². The number of halogens is 1. The molecule has 2 aromatic carbocycles. The molecule has 3 nitrogen and oxygen atoms in total. The lowest BCUT2D eigenvalue weighted by Crippen LogP contribution is -2.20. The summed E-state index contributed by atoms with van der Waals surface area (Å²) in [5, 5.41) is 2.81. The molecule has 1 N–H and O–H groups in total. The zero-order valence-electron chi connectivity index (χ0n) is 13.5. The summed E-state index contributed by atoms with van der Waals surface area (Å²) >= 11 is 3.37. The number of carbonyl (C=O) groups is 1. The molecule has 0 aliphatic carbocycles. The molecule has 0 aliphatic rings. The quantitative estimate of drug-likeness (QED) is 0.706. The number of rotatable bonds is 7. The number of nitrogens with one attached hydrogen (secondary N) is 1. The van der Waals surface area contributed by atoms with Gasteiger partial charge in [-0.05, 0) is 48.2 Å². The van der Waals surface area contributed by atoms with Crippen LogP contribution >= 0.6 is 15.9 Å². The van der Waals surface area contributed by atoms with Gasteiger partial charge in [-0.25, -0.2) is 0 Å². The highest BCUT2D eigenvalue weighted by molar-refractivity contribution is 9.10. The summed E-state index contributed by atoms with van der Waals surface area (Å²) in [5.74, 6) is 1.09. The van der Waals surface area contributed by atoms with Crippen LogP contribution in [0.15, 0.2) is 53.0 Å². The van der Waals surface area contributed by atoms with Crippen LogP contribution < -0.4 is 10.1 Å². The summed E-state index contributed by atoms with van der Waals surface area (Å²) in [5.41, 5.74) is 2.05. The van der Waals surface area contributed by atoms with E-state index in [1.54, 1.807) is 0 Å². The fourth-order valence-electron chi connectivity index (χ4n) is 2.40. The Morgan fingerprint density at radius 3 is 2.61 bits per heavy atom. The molecule has 0 saturated carbocycles. The molecule has 0 aliphatic heterocycles. The SMILES string of the molecule is CCC[C@H](C)c1ccc(OCC(=O)Nc2cccc(Br)c2)cc1. The number of amides is 1. The maximum atomic E-state index is 11.9. The van der Waals surface area contributed by atoms with E-state index in [1.165, 1.54) is 18.4 Å². The van der Waals surface area contributed by atoms with Crippen LogP contribution in [0.2, 0.25) is 0 Å². The van der Waals surface area contributed by atoms with Gasteiger partial charge >= 0.3 is 0 Å². The normalized spacial score (nSPS) is 11.8. The van der Waals surface area contributed by atoms with Crippen LogP contribution in [0, 0.1) is 0 Å². The Kier molecular flexibility index (Phi) is 6.66. The summed E-state index contributed by atoms with van der Waals surface area (Å²) in [6, 6.07) is 15.5. The predicted octanol–water partition coefficient (Wildman–Crippen LogP) is 5.37. The van der Waals surface area contributed by atoms with Crippen molar-refractivity contribution in [3.63, 3.8) is 0 Å². The fraction of sp³-hybridized carbons (Fsp3) is 0.316. The van der Waals surface area contributed by atoms with Crippen molar-refractivity contribution in [2.24, 2.45) is 0 Å². The first kappa shape index (κ1) is 17.5. The first-order chi connectivity index (χ1) is 11.1. The lowest BCUT2D eigenvalue weighted by atomic mass is 9.97. The highest BCUT2D eigenvalue weighted by Crippen LogP contribution is 2.23. The van der Waals surface area contributed by atoms with Crippen molar-refractivity contribution in [3.05, 3.63) is 58.6 Å². The summed E-state index contributed by atoms with van der Waals surface area (Å²) in [7, 11) is 0. The average molecular weight is 376 g/mol. The molecule has 1 amide bonds. The average Bonchev–Trinajstić information content (AvgIpc) is 2.54. The molecular formula is C19H22BrNO2. The zero-order chi connectivity index (χ0) is 16.7. The third-order valence-electron chi connectivity index (χ3n) is 3.65. The van der Waals surface area contributed by atoms with Crippen molar-refractivity contribution in [2.75, 3.05) is 11.9 Å². The molecular weight excluding hydrogens is 354 g/mol. The molecule has 0 bridgehead atoms. The van der Waals surface area contributed by atoms with E-state index in [1.807, 2.05) is 36.4 Å². The van der Waals surface area contributed by atoms with E-state index in [4.69, 9.17) is 4.74 Å². The highest BCUT2D eigenvalue weighted by Gasteiger charge is 2.06. The molecule has 0 heterocycles. The third kappa shape index (κ3) is 5.71. The Bertz CT molecular complexity index is 640. The molecule has 122 valence electrons. The van der Waals surface area contributed by atoms with E-state index in [0.717, 1.165) is 10.2 Å². The maximum Gasteiger partial charge on any atom is 0.262 e. The first-order valence-electron chi connectivity index (χ1n) is 7.86. The Morgan fingerprint density at radius 1 is 1.22 bits per heavy atom. The number of benzene rings is 2. The standard InChI is InChI=1S/C19H22BrNO2/c1-3-5-14(2)15-8-10-18(11-9-15)23-13-19(22)21-17-7-4-6-16(20)12-17/h4,6-12,14H,3,5,13H2,1-2H3,(H,21,22)/t14-/m0/s1. The Balaban J connectivity index is 1.84. The van der Waals surface area contributed by atoms with Gasteiger partial charge in [-0.1, -0.05) is 54.4 Å². The number of hydrogen-bond donors (Lipinski definition) is 1. The topological polar surface area (TPSA) is 38.3 Å². The van der Waals surface area contributed by atoms with E-state index in [9.17, 15) is 4.79 Å². The molecule has 2 aromatic rings. The number of anilines is 1. The number of carbonyl (C=O) groups excluding carboxylic acids is 1. The molecule has 0 aromatic heterocycles. The minimum absolute atomic E-state index is 0.00360. The van der Waals surface area contributed by atoms with Crippen molar-refractivity contribution in [3.8, 4) is 5.75 Å². The van der Waals surface area contributed by atoms with E-state index >= 15 is 0 Å². The van der Waals surface area contributed by atoms with Crippen LogP contribution in [0.5, 0.6) is 5.75 Å². The molecule has 23 heavy (non-hydrogen) atoms. The molecule has 0 fully saturated rings. The van der Waals surface area contributed by atoms with Crippen LogP contribution in [0.3, 0.4) is 0 Å². The summed E-state index contributed by atoms with van der Waals surface area (Å²) in [6.07, 6.45) is 2.35. The van der Waals surface area contributed by atoms with Gasteiger partial charge in [0.15, 0.2) is 6.61 Å². The van der Waals surface area contributed by atoms with Crippen molar-refractivity contribution in [2.45, 2.75) is 32.6 Å². The largest absolute Gasteiger partial charge is 0.484 e. The van der Waals surface area contributed by atoms with Gasteiger partial charge in [-0.3, -0.25) is 4.79 Å². The Hall–Kier alpha value is -1.81. The Labute approximate surface area is 146 Å². The fourth-order valence-corrected chi connectivity index (χ4v) is 2.80. The Morgan fingerprint density at radius 2 is 1.96 bits per heavy atom. The lowest BCUT2D eigenvalue weighted by molar-refractivity contribution is -0.118. The van der Waals surface area contributed by atoms with Crippen LogP contribution in [-0.2, 0) is 4.79 Å². The summed E-state index contributed by atoms with van der Waals surface area (Å²) in [6.45, 7) is 4.42. The number of hydrogen-bond acceptors (Lipinski definition) is 2. The third-order valence-corrected chi connectivity index (χ3v) is 4.14. The number of ether oxygens (including phenoxy) is 1. The molecule has 1 atom stereocenters. The van der Waals surface area contributed by atoms with Crippen LogP contribution in [0.1, 0.15) is 38.2 Å². The second kappa shape index (κ2) is 8.73. The summed E-state index contributed by atoms with van der Waals surface area (Å²) < 4.78 is 6.47. The van der Waals surface area contributed by atoms with Crippen LogP contribution in [0.25, 0.3) is 0 Å². The van der Waals surface area contributed by atoms with Crippen molar-refractivity contribution >= 4 is 27.5 Å². The van der Waals surface area contributed by atoms with Gasteiger partial charge in [0.05, 0.1) is 0 Å². The van der Waals surface area contributed by atoms with E-state index < -0.39 is 0 Å².